The van der Waals surface area contributed by atoms with E-state index >= 15 is 0 Å². The highest BCUT2D eigenvalue weighted by Crippen LogP contribution is 2.23. The van der Waals surface area contributed by atoms with Crippen LogP contribution in [0.4, 0.5) is 11.4 Å². The van der Waals surface area contributed by atoms with Crippen LogP contribution in [-0.2, 0) is 9.59 Å². The average Bonchev–Trinajstić information content (AvgIpc) is 3.15. The van der Waals surface area contributed by atoms with Gasteiger partial charge in [0.1, 0.15) is 6.04 Å². The molecule has 0 radical (unpaired) electrons. The first-order valence-electron chi connectivity index (χ1n) is 9.14. The van der Waals surface area contributed by atoms with Gasteiger partial charge in [0.15, 0.2) is 0 Å². The van der Waals surface area contributed by atoms with Gasteiger partial charge in [0.05, 0.1) is 6.04 Å². The second-order valence-electron chi connectivity index (χ2n) is 6.88. The number of nitrogens with zero attached hydrogens (tertiary/aromatic N) is 1. The van der Waals surface area contributed by atoms with E-state index in [2.05, 4.69) is 21.6 Å². The standard InChI is InChI=1S/C19H30N4O2/c1-4-13(2)17(20)19(25)21-14(3)18(24)22-15-8-7-9-16(12-15)23-10-5-6-11-23/h7-9,12-14,17H,4-6,10-11,20H2,1-3H3,(H,21,25)(H,22,24). The molecule has 0 bridgehead atoms. The third-order valence-electron chi connectivity index (χ3n) is 4.90. The van der Waals surface area contributed by atoms with Gasteiger partial charge in [0, 0.05) is 24.5 Å². The molecule has 0 aliphatic carbocycles. The summed E-state index contributed by atoms with van der Waals surface area (Å²) in [5, 5.41) is 5.57. The normalized spacial score (nSPS) is 17.7. The lowest BCUT2D eigenvalue weighted by molar-refractivity contribution is -0.127. The number of carbonyl (C=O) groups excluding carboxylic acids is 2. The Morgan fingerprint density at radius 1 is 1.20 bits per heavy atom. The molecule has 2 rings (SSSR count). The summed E-state index contributed by atoms with van der Waals surface area (Å²) in [4.78, 5) is 26.8. The van der Waals surface area contributed by atoms with Crippen molar-refractivity contribution in [3.05, 3.63) is 24.3 Å². The number of nitrogens with two attached hydrogens (primary N) is 1. The van der Waals surface area contributed by atoms with Gasteiger partial charge in [-0.2, -0.15) is 0 Å². The molecule has 1 aromatic carbocycles. The maximum atomic E-state index is 12.4. The Hall–Kier alpha value is -2.08. The van der Waals surface area contributed by atoms with E-state index in [9.17, 15) is 9.59 Å². The zero-order valence-electron chi connectivity index (χ0n) is 15.4. The molecule has 1 fully saturated rings. The number of rotatable bonds is 7. The van der Waals surface area contributed by atoms with E-state index in [1.165, 1.54) is 12.8 Å². The summed E-state index contributed by atoms with van der Waals surface area (Å²) < 4.78 is 0. The Balaban J connectivity index is 1.92. The molecular weight excluding hydrogens is 316 g/mol. The SMILES string of the molecule is CCC(C)C(N)C(=O)NC(C)C(=O)Nc1cccc(N2CCCC2)c1. The van der Waals surface area contributed by atoms with Crippen LogP contribution in [0.5, 0.6) is 0 Å². The van der Waals surface area contributed by atoms with Crippen molar-refractivity contribution in [3.63, 3.8) is 0 Å². The predicted octanol–water partition coefficient (Wildman–Crippen LogP) is 2.10. The van der Waals surface area contributed by atoms with Crippen LogP contribution in [0.15, 0.2) is 24.3 Å². The maximum Gasteiger partial charge on any atom is 0.246 e. The minimum atomic E-state index is -0.641. The number of nitrogens with one attached hydrogen (secondary N) is 2. The maximum absolute atomic E-state index is 12.4. The summed E-state index contributed by atoms with van der Waals surface area (Å²) in [6.07, 6.45) is 3.23. The summed E-state index contributed by atoms with van der Waals surface area (Å²) in [6.45, 7) is 7.69. The van der Waals surface area contributed by atoms with Crippen LogP contribution in [0.25, 0.3) is 0 Å². The van der Waals surface area contributed by atoms with Crippen molar-refractivity contribution in [2.75, 3.05) is 23.3 Å². The molecule has 1 aromatic rings. The van der Waals surface area contributed by atoms with E-state index in [-0.39, 0.29) is 17.7 Å². The van der Waals surface area contributed by atoms with Gasteiger partial charge in [-0.1, -0.05) is 26.3 Å². The van der Waals surface area contributed by atoms with Crippen LogP contribution in [0.3, 0.4) is 0 Å². The molecule has 1 saturated heterocycles. The topological polar surface area (TPSA) is 87.5 Å². The van der Waals surface area contributed by atoms with Crippen molar-refractivity contribution in [1.82, 2.24) is 5.32 Å². The summed E-state index contributed by atoms with van der Waals surface area (Å²) in [5.74, 6) is -0.460. The van der Waals surface area contributed by atoms with Gasteiger partial charge in [-0.05, 0) is 43.9 Å². The van der Waals surface area contributed by atoms with Crippen LogP contribution in [0.2, 0.25) is 0 Å². The molecule has 0 aromatic heterocycles. The summed E-state index contributed by atoms with van der Waals surface area (Å²) in [7, 11) is 0. The zero-order chi connectivity index (χ0) is 18.4. The lowest BCUT2D eigenvalue weighted by Crippen LogP contribution is -2.50. The van der Waals surface area contributed by atoms with Gasteiger partial charge in [-0.25, -0.2) is 0 Å². The summed E-state index contributed by atoms with van der Waals surface area (Å²) >= 11 is 0. The van der Waals surface area contributed by atoms with Crippen LogP contribution >= 0.6 is 0 Å². The monoisotopic (exact) mass is 346 g/mol. The smallest absolute Gasteiger partial charge is 0.246 e. The first-order chi connectivity index (χ1) is 11.9. The molecule has 1 aliphatic rings. The molecule has 4 N–H and O–H groups in total. The van der Waals surface area contributed by atoms with Crippen molar-refractivity contribution in [1.29, 1.82) is 0 Å². The van der Waals surface area contributed by atoms with E-state index in [0.717, 1.165) is 30.9 Å². The van der Waals surface area contributed by atoms with Gasteiger partial charge in [-0.3, -0.25) is 9.59 Å². The van der Waals surface area contributed by atoms with Crippen molar-refractivity contribution >= 4 is 23.2 Å². The van der Waals surface area contributed by atoms with Gasteiger partial charge < -0.3 is 21.3 Å². The van der Waals surface area contributed by atoms with Crippen LogP contribution in [-0.4, -0.2) is 37.0 Å². The van der Waals surface area contributed by atoms with Crippen molar-refractivity contribution in [2.45, 2.75) is 52.1 Å². The Morgan fingerprint density at radius 3 is 2.52 bits per heavy atom. The van der Waals surface area contributed by atoms with E-state index in [0.29, 0.717) is 0 Å². The van der Waals surface area contributed by atoms with Crippen LogP contribution in [0.1, 0.15) is 40.0 Å². The van der Waals surface area contributed by atoms with Crippen molar-refractivity contribution < 1.29 is 9.59 Å². The van der Waals surface area contributed by atoms with Gasteiger partial charge >= 0.3 is 0 Å². The number of hydrogen-bond acceptors (Lipinski definition) is 4. The Kier molecular flexibility index (Phi) is 6.82. The van der Waals surface area contributed by atoms with Crippen molar-refractivity contribution in [3.8, 4) is 0 Å². The number of benzene rings is 1. The Morgan fingerprint density at radius 2 is 1.88 bits per heavy atom. The number of anilines is 2. The molecule has 25 heavy (non-hydrogen) atoms. The molecule has 1 heterocycles. The lowest BCUT2D eigenvalue weighted by atomic mass is 9.99. The molecule has 138 valence electrons. The van der Waals surface area contributed by atoms with E-state index in [1.807, 2.05) is 32.0 Å². The minimum Gasteiger partial charge on any atom is -0.371 e. The average molecular weight is 346 g/mol. The molecule has 1 aliphatic heterocycles. The molecular formula is C19H30N4O2. The lowest BCUT2D eigenvalue weighted by Gasteiger charge is -2.21. The fraction of sp³-hybridized carbons (Fsp3) is 0.579. The van der Waals surface area contributed by atoms with Crippen LogP contribution in [0, 0.1) is 5.92 Å². The first kappa shape index (κ1) is 19.2. The molecule has 6 heteroatoms. The van der Waals surface area contributed by atoms with E-state index in [4.69, 9.17) is 5.73 Å². The highest BCUT2D eigenvalue weighted by Gasteiger charge is 2.23. The van der Waals surface area contributed by atoms with Crippen molar-refractivity contribution in [2.24, 2.45) is 11.7 Å². The fourth-order valence-electron chi connectivity index (χ4n) is 2.89. The quantitative estimate of drug-likeness (QED) is 0.705. The second kappa shape index (κ2) is 8.85. The minimum absolute atomic E-state index is 0.0763. The summed E-state index contributed by atoms with van der Waals surface area (Å²) in [6, 6.07) is 6.58. The Bertz CT molecular complexity index is 599. The molecule has 3 atom stereocenters. The third-order valence-corrected chi connectivity index (χ3v) is 4.90. The van der Waals surface area contributed by atoms with Crippen LogP contribution < -0.4 is 21.3 Å². The molecule has 2 amide bonds. The highest BCUT2D eigenvalue weighted by molar-refractivity contribution is 5.97. The molecule has 0 spiro atoms. The third kappa shape index (κ3) is 5.19. The van der Waals surface area contributed by atoms with Gasteiger partial charge in [-0.15, -0.1) is 0 Å². The number of hydrogen-bond donors (Lipinski definition) is 3. The first-order valence-corrected chi connectivity index (χ1v) is 9.14. The zero-order valence-corrected chi connectivity index (χ0v) is 15.4. The van der Waals surface area contributed by atoms with E-state index < -0.39 is 12.1 Å². The largest absolute Gasteiger partial charge is 0.371 e. The van der Waals surface area contributed by atoms with E-state index in [1.54, 1.807) is 6.92 Å². The number of amides is 2. The molecule has 6 nitrogen and oxygen atoms in total. The Labute approximate surface area is 150 Å². The summed E-state index contributed by atoms with van der Waals surface area (Å²) in [5.41, 5.74) is 7.77. The molecule has 3 unspecified atom stereocenters. The van der Waals surface area contributed by atoms with Gasteiger partial charge in [0.25, 0.3) is 0 Å². The molecule has 0 saturated carbocycles. The predicted molar refractivity (Wildman–Crippen MR) is 102 cm³/mol. The van der Waals surface area contributed by atoms with Gasteiger partial charge in [0.2, 0.25) is 11.8 Å². The number of carbonyl (C=O) groups is 2. The highest BCUT2D eigenvalue weighted by atomic mass is 16.2. The fourth-order valence-corrected chi connectivity index (χ4v) is 2.89. The second-order valence-corrected chi connectivity index (χ2v) is 6.88.